The first-order chi connectivity index (χ1) is 9.51. The summed E-state index contributed by atoms with van der Waals surface area (Å²) >= 11 is 0. The molecule has 0 heterocycles. The number of hydrogen-bond acceptors (Lipinski definition) is 3. The number of carbonyl (C=O) groups excluding carboxylic acids is 1. The van der Waals surface area contributed by atoms with Gasteiger partial charge in [0.1, 0.15) is 0 Å². The average Bonchev–Trinajstić information content (AvgIpc) is 2.23. The maximum Gasteiger partial charge on any atom is 0.315 e. The van der Waals surface area contributed by atoms with Crippen LogP contribution in [0.4, 0.5) is 4.79 Å². The minimum Gasteiger partial charge on any atom is -0.481 e. The van der Waals surface area contributed by atoms with Crippen molar-refractivity contribution in [3.8, 4) is 0 Å². The van der Waals surface area contributed by atoms with Gasteiger partial charge in [0.25, 0.3) is 0 Å². The van der Waals surface area contributed by atoms with Crippen LogP contribution in [0.25, 0.3) is 0 Å². The molecule has 21 heavy (non-hydrogen) atoms. The van der Waals surface area contributed by atoms with Gasteiger partial charge in [-0.15, -0.1) is 0 Å². The fourth-order valence-electron chi connectivity index (χ4n) is 2.20. The number of amides is 2. The molecule has 124 valence electrons. The van der Waals surface area contributed by atoms with Crippen LogP contribution in [0.15, 0.2) is 0 Å². The topological polar surface area (TPSA) is 81.7 Å². The number of carbonyl (C=O) groups is 2. The first kappa shape index (κ1) is 19.7. The van der Waals surface area contributed by atoms with Crippen molar-refractivity contribution in [3.05, 3.63) is 0 Å². The zero-order chi connectivity index (χ0) is 16.6. The van der Waals surface area contributed by atoms with Crippen LogP contribution in [-0.2, 0) is 4.79 Å². The molecule has 0 saturated heterocycles. The van der Waals surface area contributed by atoms with Crippen molar-refractivity contribution in [1.82, 2.24) is 15.5 Å². The third-order valence-corrected chi connectivity index (χ3v) is 3.09. The van der Waals surface area contributed by atoms with Crippen molar-refractivity contribution in [2.75, 3.05) is 20.6 Å². The van der Waals surface area contributed by atoms with Gasteiger partial charge < -0.3 is 20.6 Å². The number of carboxylic acids is 1. The van der Waals surface area contributed by atoms with Crippen molar-refractivity contribution < 1.29 is 14.7 Å². The third-order valence-electron chi connectivity index (χ3n) is 3.09. The van der Waals surface area contributed by atoms with Crippen LogP contribution in [-0.4, -0.2) is 54.2 Å². The first-order valence-corrected chi connectivity index (χ1v) is 7.47. The quantitative estimate of drug-likeness (QED) is 0.607. The molecule has 0 aliphatic rings. The maximum absolute atomic E-state index is 12.1. The van der Waals surface area contributed by atoms with Crippen LogP contribution in [0.3, 0.4) is 0 Å². The molecular formula is C15H31N3O3. The van der Waals surface area contributed by atoms with E-state index >= 15 is 0 Å². The molecule has 2 amide bonds. The van der Waals surface area contributed by atoms with Gasteiger partial charge in [0, 0.05) is 24.5 Å². The summed E-state index contributed by atoms with van der Waals surface area (Å²) in [5.41, 5.74) is -0.539. The molecule has 6 heteroatoms. The lowest BCUT2D eigenvalue weighted by molar-refractivity contribution is -0.137. The lowest BCUT2D eigenvalue weighted by atomic mass is 9.98. The van der Waals surface area contributed by atoms with E-state index in [9.17, 15) is 9.59 Å². The lowest BCUT2D eigenvalue weighted by Crippen LogP contribution is -2.53. The van der Waals surface area contributed by atoms with Crippen LogP contribution >= 0.6 is 0 Å². The highest BCUT2D eigenvalue weighted by molar-refractivity contribution is 5.75. The van der Waals surface area contributed by atoms with E-state index in [1.165, 1.54) is 0 Å². The number of urea groups is 1. The van der Waals surface area contributed by atoms with Crippen molar-refractivity contribution >= 4 is 12.0 Å². The van der Waals surface area contributed by atoms with Crippen molar-refractivity contribution in [1.29, 1.82) is 0 Å². The van der Waals surface area contributed by atoms with Gasteiger partial charge in [-0.05, 0) is 46.7 Å². The minimum atomic E-state index is -0.851. The van der Waals surface area contributed by atoms with E-state index in [-0.39, 0.29) is 18.5 Å². The third kappa shape index (κ3) is 11.1. The van der Waals surface area contributed by atoms with Gasteiger partial charge in [0.05, 0.1) is 0 Å². The predicted molar refractivity (Wildman–Crippen MR) is 84.4 cm³/mol. The predicted octanol–water partition coefficient (Wildman–Crippen LogP) is 1.91. The standard InChI is InChI=1S/C15H31N3O3/c1-11(2)9-12(10-18(5)6)16-14(21)17-15(3,4)8-7-13(19)20/h11-12H,7-10H2,1-6H3,(H,19,20)(H2,16,17,21). The number of carboxylic acid groups (broad SMARTS) is 1. The Morgan fingerprint density at radius 3 is 2.24 bits per heavy atom. The van der Waals surface area contributed by atoms with E-state index in [1.807, 2.05) is 32.8 Å². The van der Waals surface area contributed by atoms with E-state index in [0.29, 0.717) is 12.3 Å². The highest BCUT2D eigenvalue weighted by atomic mass is 16.4. The van der Waals surface area contributed by atoms with Gasteiger partial charge in [-0.1, -0.05) is 13.8 Å². The van der Waals surface area contributed by atoms with E-state index < -0.39 is 11.5 Å². The molecule has 0 aromatic heterocycles. The number of rotatable bonds is 9. The van der Waals surface area contributed by atoms with E-state index in [4.69, 9.17) is 5.11 Å². The molecule has 0 radical (unpaired) electrons. The summed E-state index contributed by atoms with van der Waals surface area (Å²) in [5.74, 6) is -0.356. The molecule has 6 nitrogen and oxygen atoms in total. The number of likely N-dealkylation sites (N-methyl/N-ethyl adjacent to an activating group) is 1. The van der Waals surface area contributed by atoms with Gasteiger partial charge >= 0.3 is 12.0 Å². The van der Waals surface area contributed by atoms with Crippen molar-refractivity contribution in [3.63, 3.8) is 0 Å². The normalized spacial score (nSPS) is 13.3. The smallest absolute Gasteiger partial charge is 0.315 e. The second-order valence-electron chi connectivity index (χ2n) is 6.96. The summed E-state index contributed by atoms with van der Waals surface area (Å²) in [4.78, 5) is 24.8. The summed E-state index contributed by atoms with van der Waals surface area (Å²) < 4.78 is 0. The zero-order valence-corrected chi connectivity index (χ0v) is 14.2. The Morgan fingerprint density at radius 2 is 1.81 bits per heavy atom. The van der Waals surface area contributed by atoms with E-state index in [1.54, 1.807) is 0 Å². The number of hydrogen-bond donors (Lipinski definition) is 3. The molecule has 0 aliphatic heterocycles. The maximum atomic E-state index is 12.1. The SMILES string of the molecule is CC(C)CC(CN(C)C)NC(=O)NC(C)(C)CCC(=O)O. The second-order valence-corrected chi connectivity index (χ2v) is 6.96. The Kier molecular flexibility index (Phi) is 8.32. The monoisotopic (exact) mass is 301 g/mol. The summed E-state index contributed by atoms with van der Waals surface area (Å²) in [5, 5.41) is 14.6. The molecule has 0 aliphatic carbocycles. The van der Waals surface area contributed by atoms with Crippen LogP contribution in [0.1, 0.15) is 47.0 Å². The van der Waals surface area contributed by atoms with Crippen molar-refractivity contribution in [2.45, 2.75) is 58.5 Å². The van der Waals surface area contributed by atoms with Gasteiger partial charge in [0.2, 0.25) is 0 Å². The summed E-state index contributed by atoms with van der Waals surface area (Å²) in [6, 6.07) is -0.159. The fraction of sp³-hybridized carbons (Fsp3) is 0.867. The fourth-order valence-corrected chi connectivity index (χ4v) is 2.20. The molecule has 0 aromatic rings. The van der Waals surface area contributed by atoms with E-state index in [0.717, 1.165) is 13.0 Å². The van der Waals surface area contributed by atoms with Gasteiger partial charge in [-0.3, -0.25) is 4.79 Å². The molecule has 1 unspecified atom stereocenters. The van der Waals surface area contributed by atoms with E-state index in [2.05, 4.69) is 24.5 Å². The van der Waals surface area contributed by atoms with Crippen LogP contribution < -0.4 is 10.6 Å². The Morgan fingerprint density at radius 1 is 1.24 bits per heavy atom. The molecule has 0 aromatic carbocycles. The molecule has 3 N–H and O–H groups in total. The zero-order valence-electron chi connectivity index (χ0n) is 14.2. The Bertz CT molecular complexity index is 331. The Labute approximate surface area is 128 Å². The highest BCUT2D eigenvalue weighted by Crippen LogP contribution is 2.11. The molecule has 0 rings (SSSR count). The number of nitrogens with one attached hydrogen (secondary N) is 2. The van der Waals surface area contributed by atoms with Crippen LogP contribution in [0.5, 0.6) is 0 Å². The van der Waals surface area contributed by atoms with Crippen LogP contribution in [0, 0.1) is 5.92 Å². The number of aliphatic carboxylic acids is 1. The van der Waals surface area contributed by atoms with Gasteiger partial charge in [-0.2, -0.15) is 0 Å². The van der Waals surface area contributed by atoms with Gasteiger partial charge in [-0.25, -0.2) is 4.79 Å². The molecule has 0 bridgehead atoms. The van der Waals surface area contributed by atoms with Crippen molar-refractivity contribution in [2.24, 2.45) is 5.92 Å². The average molecular weight is 301 g/mol. The summed E-state index contributed by atoms with van der Waals surface area (Å²) in [6.45, 7) is 8.69. The highest BCUT2D eigenvalue weighted by Gasteiger charge is 2.23. The van der Waals surface area contributed by atoms with Gasteiger partial charge in [0.15, 0.2) is 0 Å². The largest absolute Gasteiger partial charge is 0.481 e. The molecule has 0 saturated carbocycles. The minimum absolute atomic E-state index is 0.0421. The molecule has 0 spiro atoms. The number of nitrogens with zero attached hydrogens (tertiary/aromatic N) is 1. The Balaban J connectivity index is 4.43. The Hall–Kier alpha value is -1.30. The summed E-state index contributed by atoms with van der Waals surface area (Å²) in [6.07, 6.45) is 1.35. The molecule has 0 fully saturated rings. The van der Waals surface area contributed by atoms with Crippen LogP contribution in [0.2, 0.25) is 0 Å². The first-order valence-electron chi connectivity index (χ1n) is 7.47. The molecule has 1 atom stereocenters. The molecular weight excluding hydrogens is 270 g/mol. The second kappa shape index (κ2) is 8.87. The summed E-state index contributed by atoms with van der Waals surface area (Å²) in [7, 11) is 3.95. The lowest BCUT2D eigenvalue weighted by Gasteiger charge is -2.29.